The van der Waals surface area contributed by atoms with Crippen molar-refractivity contribution >= 4 is 11.7 Å². The molecule has 86 valence electrons. The molecule has 0 amide bonds. The van der Waals surface area contributed by atoms with Crippen LogP contribution in [-0.2, 0) is 0 Å². The van der Waals surface area contributed by atoms with Crippen LogP contribution in [0.25, 0.3) is 0 Å². The van der Waals surface area contributed by atoms with Gasteiger partial charge in [0, 0.05) is 19.3 Å². The summed E-state index contributed by atoms with van der Waals surface area (Å²) in [6.45, 7) is 1.25. The van der Waals surface area contributed by atoms with Gasteiger partial charge in [-0.15, -0.1) is 0 Å². The first-order valence-electron chi connectivity index (χ1n) is 5.29. The number of aliphatic hydroxyl groups excluding tert-OH is 1. The lowest BCUT2D eigenvalue weighted by molar-refractivity contribution is 0.0696. The number of aromatic nitrogens is 1. The summed E-state index contributed by atoms with van der Waals surface area (Å²) in [6, 6.07) is 1.48. The van der Waals surface area contributed by atoms with Crippen LogP contribution < -0.4 is 4.90 Å². The molecular weight excluding hydrogens is 208 g/mol. The highest BCUT2D eigenvalue weighted by atomic mass is 16.4. The predicted molar refractivity (Wildman–Crippen MR) is 58.7 cm³/mol. The summed E-state index contributed by atoms with van der Waals surface area (Å²) >= 11 is 0. The van der Waals surface area contributed by atoms with Crippen molar-refractivity contribution in [3.8, 4) is 0 Å². The number of β-amino-alcohol motifs (C(OH)–C–C–N with tert-alkyl or cyclic N) is 1. The number of hydrogen-bond acceptors (Lipinski definition) is 4. The minimum atomic E-state index is -0.961. The molecule has 5 nitrogen and oxygen atoms in total. The first kappa shape index (κ1) is 10.9. The van der Waals surface area contributed by atoms with Gasteiger partial charge >= 0.3 is 5.97 Å². The van der Waals surface area contributed by atoms with E-state index in [1.54, 1.807) is 6.20 Å². The van der Waals surface area contributed by atoms with Crippen molar-refractivity contribution in [1.29, 1.82) is 0 Å². The van der Waals surface area contributed by atoms with Gasteiger partial charge < -0.3 is 15.1 Å². The van der Waals surface area contributed by atoms with Crippen molar-refractivity contribution in [3.63, 3.8) is 0 Å². The number of carboxylic acids is 1. The Labute approximate surface area is 93.3 Å². The summed E-state index contributed by atoms with van der Waals surface area (Å²) in [6.07, 6.45) is 4.28. The number of piperidine rings is 1. The van der Waals surface area contributed by atoms with Crippen LogP contribution in [0.5, 0.6) is 0 Å². The summed E-state index contributed by atoms with van der Waals surface area (Å²) in [5, 5.41) is 18.6. The fraction of sp³-hybridized carbons (Fsp3) is 0.455. The Morgan fingerprint density at radius 1 is 1.56 bits per heavy atom. The molecule has 1 aliphatic rings. The molecule has 0 bridgehead atoms. The van der Waals surface area contributed by atoms with Crippen LogP contribution in [0, 0.1) is 0 Å². The zero-order valence-electron chi connectivity index (χ0n) is 8.83. The lowest BCUT2D eigenvalue weighted by Crippen LogP contribution is -2.39. The second kappa shape index (κ2) is 4.49. The Morgan fingerprint density at radius 2 is 2.38 bits per heavy atom. The van der Waals surface area contributed by atoms with Gasteiger partial charge in [0.25, 0.3) is 0 Å². The molecule has 1 unspecified atom stereocenters. The zero-order valence-corrected chi connectivity index (χ0v) is 8.83. The number of aliphatic hydroxyl groups is 1. The SMILES string of the molecule is O=C(O)c1ccncc1N1CCCC(O)C1. The molecule has 5 heteroatoms. The molecule has 0 aromatic carbocycles. The van der Waals surface area contributed by atoms with Gasteiger partial charge in [-0.3, -0.25) is 4.98 Å². The second-order valence-corrected chi connectivity index (χ2v) is 3.94. The van der Waals surface area contributed by atoms with Gasteiger partial charge in [0.1, 0.15) is 0 Å². The minimum absolute atomic E-state index is 0.240. The predicted octanol–water partition coefficient (Wildman–Crippen LogP) is 0.741. The molecule has 2 rings (SSSR count). The molecule has 0 radical (unpaired) electrons. The van der Waals surface area contributed by atoms with Crippen LogP contribution in [-0.4, -0.2) is 40.4 Å². The Kier molecular flexibility index (Phi) is 3.05. The molecule has 1 saturated heterocycles. The monoisotopic (exact) mass is 222 g/mol. The molecule has 16 heavy (non-hydrogen) atoms. The quantitative estimate of drug-likeness (QED) is 0.772. The molecule has 1 aromatic heterocycles. The van der Waals surface area contributed by atoms with E-state index in [1.165, 1.54) is 12.3 Å². The van der Waals surface area contributed by atoms with Gasteiger partial charge in [-0.05, 0) is 18.9 Å². The van der Waals surface area contributed by atoms with Crippen molar-refractivity contribution in [2.75, 3.05) is 18.0 Å². The molecular formula is C11H14N2O3. The average molecular weight is 222 g/mol. The van der Waals surface area contributed by atoms with Crippen LogP contribution >= 0.6 is 0 Å². The Balaban J connectivity index is 2.28. The highest BCUT2D eigenvalue weighted by molar-refractivity contribution is 5.94. The molecule has 1 aromatic rings. The number of rotatable bonds is 2. The standard InChI is InChI=1S/C11H14N2O3/c14-8-2-1-5-13(7-8)10-6-12-4-3-9(10)11(15)16/h3-4,6,8,14H,1-2,5,7H2,(H,15,16). The summed E-state index contributed by atoms with van der Waals surface area (Å²) in [5.74, 6) is -0.961. The van der Waals surface area contributed by atoms with Crippen molar-refractivity contribution in [2.45, 2.75) is 18.9 Å². The third-order valence-electron chi connectivity index (χ3n) is 2.77. The average Bonchev–Trinajstić information content (AvgIpc) is 2.29. The third kappa shape index (κ3) is 2.14. The molecule has 2 N–H and O–H groups in total. The van der Waals surface area contributed by atoms with Crippen LogP contribution in [0.4, 0.5) is 5.69 Å². The number of anilines is 1. The number of nitrogens with zero attached hydrogens (tertiary/aromatic N) is 2. The largest absolute Gasteiger partial charge is 0.478 e. The Hall–Kier alpha value is -1.62. The van der Waals surface area contributed by atoms with Crippen LogP contribution in [0.15, 0.2) is 18.5 Å². The van der Waals surface area contributed by atoms with Crippen molar-refractivity contribution < 1.29 is 15.0 Å². The summed E-state index contributed by atoms with van der Waals surface area (Å²) in [7, 11) is 0. The smallest absolute Gasteiger partial charge is 0.337 e. The highest BCUT2D eigenvalue weighted by Crippen LogP contribution is 2.23. The topological polar surface area (TPSA) is 73.7 Å². The van der Waals surface area contributed by atoms with E-state index in [-0.39, 0.29) is 11.7 Å². The lowest BCUT2D eigenvalue weighted by atomic mass is 10.1. The van der Waals surface area contributed by atoms with Crippen molar-refractivity contribution in [2.24, 2.45) is 0 Å². The lowest BCUT2D eigenvalue weighted by Gasteiger charge is -2.32. The van der Waals surface area contributed by atoms with E-state index < -0.39 is 5.97 Å². The normalized spacial score (nSPS) is 20.8. The summed E-state index contributed by atoms with van der Waals surface area (Å²) < 4.78 is 0. The molecule has 0 saturated carbocycles. The number of hydrogen-bond donors (Lipinski definition) is 2. The number of aromatic carboxylic acids is 1. The molecule has 1 atom stereocenters. The fourth-order valence-corrected chi connectivity index (χ4v) is 1.99. The van der Waals surface area contributed by atoms with Gasteiger partial charge in [-0.1, -0.05) is 0 Å². The van der Waals surface area contributed by atoms with Crippen LogP contribution in [0.2, 0.25) is 0 Å². The second-order valence-electron chi connectivity index (χ2n) is 3.94. The van der Waals surface area contributed by atoms with Gasteiger partial charge in [0.15, 0.2) is 0 Å². The van der Waals surface area contributed by atoms with E-state index in [1.807, 2.05) is 4.90 Å². The zero-order chi connectivity index (χ0) is 11.5. The molecule has 1 fully saturated rings. The van der Waals surface area contributed by atoms with E-state index in [0.717, 1.165) is 19.4 Å². The maximum atomic E-state index is 11.0. The molecule has 0 aliphatic carbocycles. The molecule has 1 aliphatic heterocycles. The van der Waals surface area contributed by atoms with E-state index in [0.29, 0.717) is 12.2 Å². The number of carboxylic acid groups (broad SMARTS) is 1. The minimum Gasteiger partial charge on any atom is -0.478 e. The van der Waals surface area contributed by atoms with Gasteiger partial charge in [0.05, 0.1) is 23.6 Å². The maximum absolute atomic E-state index is 11.0. The molecule has 2 heterocycles. The number of pyridine rings is 1. The number of carbonyl (C=O) groups is 1. The maximum Gasteiger partial charge on any atom is 0.337 e. The fourth-order valence-electron chi connectivity index (χ4n) is 1.99. The van der Waals surface area contributed by atoms with Crippen LogP contribution in [0.3, 0.4) is 0 Å². The van der Waals surface area contributed by atoms with Gasteiger partial charge in [-0.2, -0.15) is 0 Å². The van der Waals surface area contributed by atoms with Crippen molar-refractivity contribution in [3.05, 3.63) is 24.0 Å². The van der Waals surface area contributed by atoms with Crippen LogP contribution in [0.1, 0.15) is 23.2 Å². The van der Waals surface area contributed by atoms with E-state index in [9.17, 15) is 9.90 Å². The third-order valence-corrected chi connectivity index (χ3v) is 2.77. The van der Waals surface area contributed by atoms with E-state index >= 15 is 0 Å². The van der Waals surface area contributed by atoms with Gasteiger partial charge in [0.2, 0.25) is 0 Å². The summed E-state index contributed by atoms with van der Waals surface area (Å²) in [5.41, 5.74) is 0.831. The highest BCUT2D eigenvalue weighted by Gasteiger charge is 2.22. The first-order valence-corrected chi connectivity index (χ1v) is 5.29. The first-order chi connectivity index (χ1) is 7.68. The Bertz CT molecular complexity index is 395. The van der Waals surface area contributed by atoms with Gasteiger partial charge in [-0.25, -0.2) is 4.79 Å². The van der Waals surface area contributed by atoms with E-state index in [2.05, 4.69) is 4.98 Å². The molecule has 0 spiro atoms. The van der Waals surface area contributed by atoms with Crippen molar-refractivity contribution in [1.82, 2.24) is 4.98 Å². The Morgan fingerprint density at radius 3 is 3.06 bits per heavy atom. The summed E-state index contributed by atoms with van der Waals surface area (Å²) in [4.78, 5) is 16.8. The van der Waals surface area contributed by atoms with E-state index in [4.69, 9.17) is 5.11 Å².